The summed E-state index contributed by atoms with van der Waals surface area (Å²) in [6.07, 6.45) is 8.06. The summed E-state index contributed by atoms with van der Waals surface area (Å²) in [5, 5.41) is 21.9. The molecule has 0 aromatic heterocycles. The Kier molecular flexibility index (Phi) is 7.59. The fourth-order valence-corrected chi connectivity index (χ4v) is 4.74. The summed E-state index contributed by atoms with van der Waals surface area (Å²) in [7, 11) is 0. The van der Waals surface area contributed by atoms with Gasteiger partial charge in [0, 0.05) is 16.4 Å². The normalized spacial score (nSPS) is 34.8. The first-order chi connectivity index (χ1) is 11.0. The highest BCUT2D eigenvalue weighted by Gasteiger charge is 2.34. The van der Waals surface area contributed by atoms with Gasteiger partial charge in [-0.1, -0.05) is 22.6 Å². The summed E-state index contributed by atoms with van der Waals surface area (Å²) in [6, 6.07) is 0.222. The molecule has 3 atom stereocenters. The summed E-state index contributed by atoms with van der Waals surface area (Å²) in [5.74, 6) is -0.348. The van der Waals surface area contributed by atoms with Crippen LogP contribution >= 0.6 is 22.6 Å². The van der Waals surface area contributed by atoms with E-state index < -0.39 is 12.1 Å². The van der Waals surface area contributed by atoms with E-state index in [1.807, 2.05) is 0 Å². The molecule has 1 amide bonds. The number of aliphatic hydroxyl groups excluding tert-OH is 1. The Labute approximate surface area is 151 Å². The van der Waals surface area contributed by atoms with Crippen LogP contribution in [0.4, 0.5) is 0 Å². The number of nitrogens with one attached hydrogen (secondary N) is 1. The molecule has 2 aliphatic carbocycles. The van der Waals surface area contributed by atoms with Crippen LogP contribution < -0.4 is 5.32 Å². The highest BCUT2D eigenvalue weighted by molar-refractivity contribution is 14.1. The second kappa shape index (κ2) is 9.20. The quantitative estimate of drug-likeness (QED) is 0.441. The minimum Gasteiger partial charge on any atom is -0.481 e. The molecule has 2 fully saturated rings. The van der Waals surface area contributed by atoms with Gasteiger partial charge in [-0.15, -0.1) is 0 Å². The van der Waals surface area contributed by atoms with Gasteiger partial charge >= 0.3 is 5.97 Å². The number of halogens is 1. The van der Waals surface area contributed by atoms with Crippen molar-refractivity contribution in [2.24, 2.45) is 11.8 Å². The molecule has 5 nitrogen and oxygen atoms in total. The Hall–Kier alpha value is -0.370. The largest absolute Gasteiger partial charge is 0.481 e. The smallest absolute Gasteiger partial charge is 0.303 e. The highest BCUT2D eigenvalue weighted by Crippen LogP contribution is 2.31. The summed E-state index contributed by atoms with van der Waals surface area (Å²) < 4.78 is 0.483. The van der Waals surface area contributed by atoms with Crippen LogP contribution in [0.15, 0.2) is 0 Å². The lowest BCUT2D eigenvalue weighted by atomic mass is 9.82. The molecule has 23 heavy (non-hydrogen) atoms. The second-order valence-electron chi connectivity index (χ2n) is 7.10. The van der Waals surface area contributed by atoms with Crippen molar-refractivity contribution in [2.75, 3.05) is 0 Å². The number of carbonyl (C=O) groups is 2. The molecule has 0 bridgehead atoms. The molecule has 2 aliphatic rings. The fourth-order valence-electron chi connectivity index (χ4n) is 3.83. The van der Waals surface area contributed by atoms with Crippen LogP contribution in [-0.4, -0.2) is 38.2 Å². The van der Waals surface area contributed by atoms with Crippen LogP contribution in [0.1, 0.15) is 64.2 Å². The van der Waals surface area contributed by atoms with Gasteiger partial charge in [0.2, 0.25) is 5.91 Å². The predicted molar refractivity (Wildman–Crippen MR) is 96.5 cm³/mol. The Morgan fingerprint density at radius 1 is 1.09 bits per heavy atom. The lowest BCUT2D eigenvalue weighted by Crippen LogP contribution is -2.46. The van der Waals surface area contributed by atoms with Crippen molar-refractivity contribution >= 4 is 34.5 Å². The van der Waals surface area contributed by atoms with Crippen molar-refractivity contribution in [1.29, 1.82) is 0 Å². The van der Waals surface area contributed by atoms with E-state index in [2.05, 4.69) is 27.9 Å². The zero-order chi connectivity index (χ0) is 16.8. The number of carbonyl (C=O) groups excluding carboxylic acids is 1. The average Bonchev–Trinajstić information content (AvgIpc) is 2.51. The number of carboxylic acids is 1. The molecule has 2 rings (SSSR count). The van der Waals surface area contributed by atoms with Crippen LogP contribution in [0.2, 0.25) is 0 Å². The van der Waals surface area contributed by atoms with Gasteiger partial charge in [0.25, 0.3) is 0 Å². The molecule has 0 aliphatic heterocycles. The van der Waals surface area contributed by atoms with Gasteiger partial charge < -0.3 is 15.5 Å². The maximum Gasteiger partial charge on any atom is 0.303 e. The third kappa shape index (κ3) is 6.21. The van der Waals surface area contributed by atoms with Crippen LogP contribution in [0.3, 0.4) is 0 Å². The van der Waals surface area contributed by atoms with Crippen molar-refractivity contribution in [3.8, 4) is 0 Å². The first-order valence-electron chi connectivity index (χ1n) is 8.80. The molecule has 0 radical (unpaired) electrons. The molecule has 3 unspecified atom stereocenters. The Morgan fingerprint density at radius 2 is 1.78 bits per heavy atom. The average molecular weight is 437 g/mol. The standard InChI is InChI=1S/C17H28INO4/c18-12-6-9-15(20)14(10-12)17(23)19-13-7-4-11(5-8-13)2-1-3-16(21)22/h11-15,20H,1-10H2,(H,19,23)(H,21,22). The van der Waals surface area contributed by atoms with E-state index in [4.69, 9.17) is 5.11 Å². The first kappa shape index (κ1) is 19.0. The number of hydrogen-bond donors (Lipinski definition) is 3. The molecule has 6 heteroatoms. The summed E-state index contributed by atoms with van der Waals surface area (Å²) in [6.45, 7) is 0. The van der Waals surface area contributed by atoms with Gasteiger partial charge in [-0.05, 0) is 63.7 Å². The lowest BCUT2D eigenvalue weighted by Gasteiger charge is -2.33. The maximum atomic E-state index is 12.4. The number of amides is 1. The molecular weight excluding hydrogens is 409 g/mol. The molecule has 3 N–H and O–H groups in total. The molecule has 0 heterocycles. The van der Waals surface area contributed by atoms with Gasteiger partial charge in [0.05, 0.1) is 12.0 Å². The van der Waals surface area contributed by atoms with Crippen molar-refractivity contribution in [1.82, 2.24) is 5.32 Å². The molecular formula is C17H28INO4. The number of alkyl halides is 1. The highest BCUT2D eigenvalue weighted by atomic mass is 127. The molecule has 0 saturated heterocycles. The number of hydrogen-bond acceptors (Lipinski definition) is 3. The fraction of sp³-hybridized carbons (Fsp3) is 0.882. The van der Waals surface area contributed by atoms with Crippen molar-refractivity contribution in [3.63, 3.8) is 0 Å². The maximum absolute atomic E-state index is 12.4. The third-order valence-electron chi connectivity index (χ3n) is 5.28. The second-order valence-corrected chi connectivity index (χ2v) is 8.86. The predicted octanol–water partition coefficient (Wildman–Crippen LogP) is 2.88. The zero-order valence-electron chi connectivity index (χ0n) is 13.5. The monoisotopic (exact) mass is 437 g/mol. The molecule has 0 spiro atoms. The summed E-state index contributed by atoms with van der Waals surface area (Å²) in [5.41, 5.74) is 0. The lowest BCUT2D eigenvalue weighted by molar-refractivity contribution is -0.137. The van der Waals surface area contributed by atoms with E-state index in [1.54, 1.807) is 0 Å². The van der Waals surface area contributed by atoms with Gasteiger partial charge in [0.1, 0.15) is 0 Å². The number of carboxylic acid groups (broad SMARTS) is 1. The van der Waals surface area contributed by atoms with Crippen molar-refractivity contribution in [2.45, 2.75) is 80.3 Å². The minimum atomic E-state index is -0.717. The number of aliphatic carboxylic acids is 1. The van der Waals surface area contributed by atoms with Crippen LogP contribution in [-0.2, 0) is 9.59 Å². The van der Waals surface area contributed by atoms with Gasteiger partial charge in [-0.25, -0.2) is 0 Å². The van der Waals surface area contributed by atoms with E-state index in [1.165, 1.54) is 0 Å². The van der Waals surface area contributed by atoms with Crippen LogP contribution in [0, 0.1) is 11.8 Å². The van der Waals surface area contributed by atoms with E-state index in [9.17, 15) is 14.7 Å². The van der Waals surface area contributed by atoms with E-state index in [0.717, 1.165) is 57.8 Å². The van der Waals surface area contributed by atoms with E-state index in [-0.39, 0.29) is 24.3 Å². The molecule has 2 saturated carbocycles. The first-order valence-corrected chi connectivity index (χ1v) is 10.0. The third-order valence-corrected chi connectivity index (χ3v) is 6.41. The molecule has 0 aromatic carbocycles. The van der Waals surface area contributed by atoms with Gasteiger partial charge in [-0.2, -0.15) is 0 Å². The van der Waals surface area contributed by atoms with E-state index >= 15 is 0 Å². The van der Waals surface area contributed by atoms with Gasteiger partial charge in [0.15, 0.2) is 0 Å². The summed E-state index contributed by atoms with van der Waals surface area (Å²) >= 11 is 2.37. The van der Waals surface area contributed by atoms with Gasteiger partial charge in [-0.3, -0.25) is 9.59 Å². The van der Waals surface area contributed by atoms with Crippen molar-refractivity contribution in [3.05, 3.63) is 0 Å². The zero-order valence-corrected chi connectivity index (χ0v) is 15.7. The Morgan fingerprint density at radius 3 is 2.43 bits per heavy atom. The number of rotatable bonds is 6. The van der Waals surface area contributed by atoms with Crippen LogP contribution in [0.5, 0.6) is 0 Å². The van der Waals surface area contributed by atoms with Crippen LogP contribution in [0.25, 0.3) is 0 Å². The Bertz CT molecular complexity index is 409. The summed E-state index contributed by atoms with van der Waals surface area (Å²) in [4.78, 5) is 23.0. The van der Waals surface area contributed by atoms with Crippen molar-refractivity contribution < 1.29 is 19.8 Å². The number of aliphatic hydroxyl groups is 1. The topological polar surface area (TPSA) is 86.6 Å². The Balaban J connectivity index is 1.69. The molecule has 132 valence electrons. The molecule has 0 aromatic rings. The minimum absolute atomic E-state index is 0.0215. The van der Waals surface area contributed by atoms with E-state index in [0.29, 0.717) is 9.84 Å². The SMILES string of the molecule is O=C(O)CCCC1CCC(NC(=O)C2CC(I)CCC2O)CC1.